The Bertz CT molecular complexity index is 702. The van der Waals surface area contributed by atoms with Gasteiger partial charge in [0.2, 0.25) is 0 Å². The molecule has 19 heavy (non-hydrogen) atoms. The summed E-state index contributed by atoms with van der Waals surface area (Å²) in [6.07, 6.45) is 1.36. The molecule has 0 radical (unpaired) electrons. The number of halogens is 1. The van der Waals surface area contributed by atoms with Crippen LogP contribution in [0.4, 0.5) is 4.39 Å². The highest BCUT2D eigenvalue weighted by molar-refractivity contribution is 7.93. The highest BCUT2D eigenvalue weighted by Gasteiger charge is 2.10. The minimum Gasteiger partial charge on any atom is -0.266 e. The third-order valence-electron chi connectivity index (χ3n) is 2.53. The maximum absolute atomic E-state index is 12.8. The van der Waals surface area contributed by atoms with Crippen molar-refractivity contribution in [2.45, 2.75) is 4.90 Å². The lowest BCUT2D eigenvalue weighted by Gasteiger charge is -2.03. The molecule has 3 nitrogen and oxygen atoms in total. The fourth-order valence-corrected chi connectivity index (χ4v) is 2.70. The largest absolute Gasteiger partial charge is 0.285 e. The van der Waals surface area contributed by atoms with E-state index in [9.17, 15) is 13.4 Å². The summed E-state index contributed by atoms with van der Waals surface area (Å²) in [6, 6.07) is 13.5. The Morgan fingerprint density at radius 1 is 1.05 bits per heavy atom. The first-order chi connectivity index (χ1) is 8.99. The van der Waals surface area contributed by atoms with E-state index in [1.807, 2.05) is 0 Å². The lowest BCUT2D eigenvalue weighted by atomic mass is 10.2. The van der Waals surface area contributed by atoms with Crippen LogP contribution >= 0.6 is 0 Å². The molecular weight excluding hydrogens is 265 g/mol. The van der Waals surface area contributed by atoms with E-state index in [1.54, 1.807) is 30.3 Å². The molecule has 0 saturated heterocycles. The minimum absolute atomic E-state index is 0.332. The number of hydrogen-bond acceptors (Lipinski definition) is 2. The van der Waals surface area contributed by atoms with Crippen molar-refractivity contribution < 1.29 is 13.4 Å². The van der Waals surface area contributed by atoms with E-state index in [0.717, 1.165) is 0 Å². The van der Waals surface area contributed by atoms with E-state index < -0.39 is 21.5 Å². The average Bonchev–Trinajstić information content (AvgIpc) is 2.40. The molecule has 0 heterocycles. The zero-order chi connectivity index (χ0) is 13.9. The second-order valence-corrected chi connectivity index (χ2v) is 6.28. The van der Waals surface area contributed by atoms with Crippen LogP contribution in [0.15, 0.2) is 63.9 Å². The molecule has 0 spiro atoms. The van der Waals surface area contributed by atoms with E-state index in [4.69, 9.17) is 0 Å². The van der Waals surface area contributed by atoms with Gasteiger partial charge in [-0.05, 0) is 36.4 Å². The predicted molar refractivity (Wildman–Crippen MR) is 71.9 cm³/mol. The van der Waals surface area contributed by atoms with Crippen molar-refractivity contribution >= 4 is 15.6 Å². The maximum Gasteiger partial charge on any atom is 0.285 e. The van der Waals surface area contributed by atoms with Crippen LogP contribution in [0, 0.1) is 5.82 Å². The summed E-state index contributed by atoms with van der Waals surface area (Å²) in [5.74, 6) is -0.967. The Balaban J connectivity index is 2.39. The molecule has 0 fully saturated rings. The Kier molecular flexibility index (Phi) is 3.76. The van der Waals surface area contributed by atoms with Gasteiger partial charge < -0.3 is 0 Å². The molecule has 0 bridgehead atoms. The molecule has 1 unspecified atom stereocenters. The van der Waals surface area contributed by atoms with Crippen LogP contribution in [0.25, 0.3) is 0 Å². The number of hydrogen-bond donors (Lipinski definition) is 0. The minimum atomic E-state index is -2.87. The quantitative estimate of drug-likeness (QED) is 0.846. The van der Waals surface area contributed by atoms with Crippen molar-refractivity contribution in [3.63, 3.8) is 0 Å². The summed E-state index contributed by atoms with van der Waals surface area (Å²) in [5.41, 5.74) is 0.374. The summed E-state index contributed by atoms with van der Waals surface area (Å²) >= 11 is 0. The van der Waals surface area contributed by atoms with E-state index in [2.05, 4.69) is 4.36 Å². The van der Waals surface area contributed by atoms with Crippen LogP contribution in [0.2, 0.25) is 0 Å². The SMILES string of the molecule is CS(=O)(=NC(=O)c1ccccc1)c1ccc(F)cc1. The van der Waals surface area contributed by atoms with Crippen molar-refractivity contribution in [1.29, 1.82) is 0 Å². The second kappa shape index (κ2) is 5.32. The fourth-order valence-electron chi connectivity index (χ4n) is 1.53. The Labute approximate surface area is 111 Å². The van der Waals surface area contributed by atoms with E-state index in [1.165, 1.54) is 30.5 Å². The van der Waals surface area contributed by atoms with Gasteiger partial charge in [-0.1, -0.05) is 18.2 Å². The third-order valence-corrected chi connectivity index (χ3v) is 4.19. The molecule has 0 saturated carbocycles. The molecule has 5 heteroatoms. The van der Waals surface area contributed by atoms with Crippen molar-refractivity contribution in [2.75, 3.05) is 6.26 Å². The molecule has 98 valence electrons. The van der Waals surface area contributed by atoms with Gasteiger partial charge in [0.25, 0.3) is 5.91 Å². The predicted octanol–water partition coefficient (Wildman–Crippen LogP) is 3.12. The number of nitrogens with zero attached hydrogens (tertiary/aromatic N) is 1. The van der Waals surface area contributed by atoms with Crippen LogP contribution in [0.3, 0.4) is 0 Å². The number of amides is 1. The average molecular weight is 277 g/mol. The van der Waals surface area contributed by atoms with Gasteiger partial charge in [-0.2, -0.15) is 4.36 Å². The first-order valence-electron chi connectivity index (χ1n) is 5.56. The van der Waals surface area contributed by atoms with Gasteiger partial charge >= 0.3 is 0 Å². The molecule has 0 aliphatic heterocycles. The van der Waals surface area contributed by atoms with E-state index in [0.29, 0.717) is 10.5 Å². The fraction of sp³-hybridized carbons (Fsp3) is 0.0714. The molecule has 2 rings (SSSR count). The van der Waals surface area contributed by atoms with Crippen molar-refractivity contribution in [2.24, 2.45) is 4.36 Å². The molecular formula is C14H12FNO2S. The molecule has 0 aromatic heterocycles. The van der Waals surface area contributed by atoms with Gasteiger partial charge in [0, 0.05) is 16.7 Å². The van der Waals surface area contributed by atoms with E-state index in [-0.39, 0.29) is 0 Å². The first kappa shape index (κ1) is 13.4. The molecule has 0 aliphatic rings. The van der Waals surface area contributed by atoms with Gasteiger partial charge in [0.05, 0.1) is 9.73 Å². The Morgan fingerprint density at radius 3 is 2.21 bits per heavy atom. The molecule has 1 atom stereocenters. The normalized spacial score (nSPS) is 13.6. The standard InChI is InChI=1S/C14H12FNO2S/c1-19(18,13-9-7-12(15)8-10-13)16-14(17)11-5-3-2-4-6-11/h2-10H,1H3. The number of rotatable bonds is 2. The van der Waals surface area contributed by atoms with Gasteiger partial charge in [-0.25, -0.2) is 8.60 Å². The number of benzene rings is 2. The third kappa shape index (κ3) is 3.26. The second-order valence-electron chi connectivity index (χ2n) is 4.02. The lowest BCUT2D eigenvalue weighted by Crippen LogP contribution is -2.03. The van der Waals surface area contributed by atoms with Crippen molar-refractivity contribution in [3.8, 4) is 0 Å². The first-order valence-corrected chi connectivity index (χ1v) is 7.48. The maximum atomic E-state index is 12.8. The number of carbonyl (C=O) groups excluding carboxylic acids is 1. The molecule has 0 aliphatic carbocycles. The topological polar surface area (TPSA) is 46.5 Å². The summed E-state index contributed by atoms with van der Waals surface area (Å²) < 4.78 is 28.9. The zero-order valence-electron chi connectivity index (χ0n) is 10.2. The van der Waals surface area contributed by atoms with E-state index >= 15 is 0 Å². The van der Waals surface area contributed by atoms with Crippen LogP contribution < -0.4 is 0 Å². The summed E-state index contributed by atoms with van der Waals surface area (Å²) in [5, 5.41) is 0. The van der Waals surface area contributed by atoms with Gasteiger partial charge in [0.15, 0.2) is 0 Å². The van der Waals surface area contributed by atoms with Crippen molar-refractivity contribution in [3.05, 3.63) is 66.0 Å². The van der Waals surface area contributed by atoms with Crippen molar-refractivity contribution in [1.82, 2.24) is 0 Å². The van der Waals surface area contributed by atoms with Gasteiger partial charge in [-0.15, -0.1) is 0 Å². The molecule has 2 aromatic carbocycles. The zero-order valence-corrected chi connectivity index (χ0v) is 11.1. The highest BCUT2D eigenvalue weighted by atomic mass is 32.2. The summed E-state index contributed by atoms with van der Waals surface area (Å²) in [7, 11) is -2.87. The van der Waals surface area contributed by atoms with Crippen LogP contribution in [0.5, 0.6) is 0 Å². The lowest BCUT2D eigenvalue weighted by molar-refractivity contribution is 0.100. The smallest absolute Gasteiger partial charge is 0.266 e. The highest BCUT2D eigenvalue weighted by Crippen LogP contribution is 2.14. The Hall–Kier alpha value is -2.01. The van der Waals surface area contributed by atoms with Crippen LogP contribution in [-0.2, 0) is 9.73 Å². The van der Waals surface area contributed by atoms with Gasteiger partial charge in [0.1, 0.15) is 5.82 Å². The van der Waals surface area contributed by atoms with Crippen LogP contribution in [-0.4, -0.2) is 16.4 Å². The summed E-state index contributed by atoms with van der Waals surface area (Å²) in [6.45, 7) is 0. The molecule has 1 amide bonds. The molecule has 0 N–H and O–H groups in total. The Morgan fingerprint density at radius 2 is 1.63 bits per heavy atom. The van der Waals surface area contributed by atoms with Crippen LogP contribution in [0.1, 0.15) is 10.4 Å². The number of carbonyl (C=O) groups is 1. The molecule has 2 aromatic rings. The van der Waals surface area contributed by atoms with Gasteiger partial charge in [-0.3, -0.25) is 4.79 Å². The monoisotopic (exact) mass is 277 g/mol. The summed E-state index contributed by atoms with van der Waals surface area (Å²) in [4.78, 5) is 12.2.